The molecule has 1 amide bonds. The number of anilines is 1. The van der Waals surface area contributed by atoms with Crippen LogP contribution >= 0.6 is 24.2 Å². The largest absolute Gasteiger partial charge is 0.297 e. The fourth-order valence-electron chi connectivity index (χ4n) is 1.89. The molecule has 0 saturated heterocycles. The molecule has 0 aliphatic rings. The Morgan fingerprint density at radius 2 is 1.52 bits per heavy atom. The molecule has 0 spiro atoms. The summed E-state index contributed by atoms with van der Waals surface area (Å²) in [5, 5.41) is 0. The molecular weight excluding hydrogens is 310 g/mol. The number of amides is 1. The van der Waals surface area contributed by atoms with Crippen LogP contribution in [0, 0.1) is 0 Å². The Hall–Kier alpha value is -1.59. The van der Waals surface area contributed by atoms with Gasteiger partial charge in [0, 0.05) is 11.3 Å². The van der Waals surface area contributed by atoms with E-state index in [2.05, 4.69) is 12.6 Å². The molecule has 0 aliphatic heterocycles. The maximum Gasteiger partial charge on any atom is 0.256 e. The van der Waals surface area contributed by atoms with Gasteiger partial charge >= 0.3 is 0 Å². The average Bonchev–Trinajstić information content (AvgIpc) is 2.42. The van der Waals surface area contributed by atoms with Crippen molar-refractivity contribution in [3.63, 3.8) is 0 Å². The van der Waals surface area contributed by atoms with E-state index in [0.29, 0.717) is 5.69 Å². The highest BCUT2D eigenvalue weighted by Crippen LogP contribution is 2.23. The first-order valence-corrected chi connectivity index (χ1v) is 7.04. The lowest BCUT2D eigenvalue weighted by Gasteiger charge is -2.29. The molecule has 0 bridgehead atoms. The van der Waals surface area contributed by atoms with Crippen LogP contribution in [0.4, 0.5) is 5.69 Å². The number of rotatable bonds is 5. The molecule has 112 valence electrons. The zero-order valence-corrected chi connectivity index (χ0v) is 13.6. The summed E-state index contributed by atoms with van der Waals surface area (Å²) in [4.78, 5) is 37.3. The summed E-state index contributed by atoms with van der Waals surface area (Å²) >= 11 is 9.68. The van der Waals surface area contributed by atoms with Crippen molar-refractivity contribution in [2.45, 2.75) is 26.8 Å². The smallest absolute Gasteiger partial charge is 0.256 e. The molecule has 0 fully saturated rings. The zero-order chi connectivity index (χ0) is 16.2. The molecule has 1 aromatic rings. The van der Waals surface area contributed by atoms with Gasteiger partial charge in [-0.2, -0.15) is 0 Å². The molecule has 0 saturated carbocycles. The Kier molecular flexibility index (Phi) is 6.18. The Morgan fingerprint density at radius 3 is 1.90 bits per heavy atom. The van der Waals surface area contributed by atoms with Crippen molar-refractivity contribution >= 4 is 47.4 Å². The summed E-state index contributed by atoms with van der Waals surface area (Å²) in [6, 6.07) is 7.33. The summed E-state index contributed by atoms with van der Waals surface area (Å²) in [5.41, 5.74) is 0.611. The van der Waals surface area contributed by atoms with Crippen molar-refractivity contribution in [1.29, 1.82) is 0 Å². The van der Waals surface area contributed by atoms with E-state index in [1.807, 2.05) is 0 Å². The molecule has 0 radical (unpaired) electrons. The van der Waals surface area contributed by atoms with Crippen molar-refractivity contribution in [3.8, 4) is 0 Å². The standard InChI is InChI=1S/C15H16ClNO3S/c1-9(14(16)21)15(20)17(12-7-5-4-6-8-12)13(10(2)18)11(3)19/h4-8,13,21H,1-3H3/b14-9-. The number of ketones is 2. The fraction of sp³-hybridized carbons (Fsp3) is 0.267. The zero-order valence-electron chi connectivity index (χ0n) is 12.0. The van der Waals surface area contributed by atoms with E-state index >= 15 is 0 Å². The summed E-state index contributed by atoms with van der Waals surface area (Å²) in [6.07, 6.45) is 0. The number of halogens is 1. The third-order valence-corrected chi connectivity index (χ3v) is 3.53. The first kappa shape index (κ1) is 17.5. The number of hydrogen-bond acceptors (Lipinski definition) is 4. The molecule has 0 N–H and O–H groups in total. The topological polar surface area (TPSA) is 54.5 Å². The van der Waals surface area contributed by atoms with Gasteiger partial charge in [-0.3, -0.25) is 19.3 Å². The fourth-order valence-corrected chi connectivity index (χ4v) is 2.07. The molecule has 0 aliphatic carbocycles. The Morgan fingerprint density at radius 1 is 1.05 bits per heavy atom. The average molecular weight is 326 g/mol. The van der Waals surface area contributed by atoms with Gasteiger partial charge in [0.05, 0.1) is 4.36 Å². The van der Waals surface area contributed by atoms with E-state index < -0.39 is 23.5 Å². The van der Waals surface area contributed by atoms with E-state index in [9.17, 15) is 14.4 Å². The van der Waals surface area contributed by atoms with Crippen LogP contribution in [0.15, 0.2) is 40.3 Å². The Balaban J connectivity index is 3.44. The molecule has 1 rings (SSSR count). The minimum Gasteiger partial charge on any atom is -0.297 e. The van der Waals surface area contributed by atoms with Gasteiger partial charge < -0.3 is 0 Å². The lowest BCUT2D eigenvalue weighted by Crippen LogP contribution is -2.49. The van der Waals surface area contributed by atoms with Gasteiger partial charge in [-0.05, 0) is 32.9 Å². The predicted molar refractivity (Wildman–Crippen MR) is 86.6 cm³/mol. The Labute approximate surface area is 134 Å². The highest BCUT2D eigenvalue weighted by atomic mass is 35.5. The van der Waals surface area contributed by atoms with Crippen molar-refractivity contribution in [1.82, 2.24) is 0 Å². The molecule has 0 atom stereocenters. The second kappa shape index (κ2) is 7.43. The normalized spacial score (nSPS) is 11.9. The number of thiol groups is 1. The summed E-state index contributed by atoms with van der Waals surface area (Å²) in [5.74, 6) is -1.36. The van der Waals surface area contributed by atoms with Crippen molar-refractivity contribution in [3.05, 3.63) is 40.3 Å². The van der Waals surface area contributed by atoms with Crippen LogP contribution in [-0.2, 0) is 14.4 Å². The predicted octanol–water partition coefficient (Wildman–Crippen LogP) is 2.97. The van der Waals surface area contributed by atoms with Crippen molar-refractivity contribution < 1.29 is 14.4 Å². The third-order valence-electron chi connectivity index (χ3n) is 2.91. The van der Waals surface area contributed by atoms with Gasteiger partial charge in [0.1, 0.15) is 0 Å². The van der Waals surface area contributed by atoms with Gasteiger partial charge in [-0.25, -0.2) is 0 Å². The second-order valence-corrected chi connectivity index (χ2v) is 5.64. The van der Waals surface area contributed by atoms with Crippen LogP contribution in [0.5, 0.6) is 0 Å². The van der Waals surface area contributed by atoms with Crippen LogP contribution in [0.1, 0.15) is 20.8 Å². The molecule has 0 heterocycles. The first-order chi connectivity index (χ1) is 9.77. The first-order valence-electron chi connectivity index (χ1n) is 6.22. The van der Waals surface area contributed by atoms with Crippen LogP contribution in [0.2, 0.25) is 0 Å². The number of para-hydroxylation sites is 1. The van der Waals surface area contributed by atoms with Crippen LogP contribution in [0.25, 0.3) is 0 Å². The van der Waals surface area contributed by atoms with E-state index in [0.717, 1.165) is 4.90 Å². The van der Waals surface area contributed by atoms with Gasteiger partial charge in [0.25, 0.3) is 5.91 Å². The SMILES string of the molecule is CC(=O)C(C(C)=O)N(C(=O)/C(C)=C(\S)Cl)c1ccccc1. The monoisotopic (exact) mass is 325 g/mol. The van der Waals surface area contributed by atoms with Crippen LogP contribution in [-0.4, -0.2) is 23.5 Å². The molecule has 6 heteroatoms. The van der Waals surface area contributed by atoms with Gasteiger partial charge in [-0.1, -0.05) is 29.8 Å². The summed E-state index contributed by atoms with van der Waals surface area (Å²) in [6.45, 7) is 4.04. The maximum absolute atomic E-state index is 12.6. The van der Waals surface area contributed by atoms with E-state index in [4.69, 9.17) is 11.6 Å². The third kappa shape index (κ3) is 4.19. The minimum absolute atomic E-state index is 0.0202. The molecule has 4 nitrogen and oxygen atoms in total. The van der Waals surface area contributed by atoms with Crippen molar-refractivity contribution in [2.75, 3.05) is 4.90 Å². The number of nitrogens with zero attached hydrogens (tertiary/aromatic N) is 1. The highest BCUT2D eigenvalue weighted by molar-refractivity contribution is 7.86. The maximum atomic E-state index is 12.6. The molecule has 0 unspecified atom stereocenters. The van der Waals surface area contributed by atoms with Crippen LogP contribution in [0.3, 0.4) is 0 Å². The van der Waals surface area contributed by atoms with Gasteiger partial charge in [0.2, 0.25) is 0 Å². The lowest BCUT2D eigenvalue weighted by atomic mass is 10.1. The number of Topliss-reactive ketones (excluding diaryl/α,β-unsaturated/α-hetero) is 2. The van der Waals surface area contributed by atoms with Crippen LogP contribution < -0.4 is 4.90 Å². The van der Waals surface area contributed by atoms with Crippen molar-refractivity contribution in [2.24, 2.45) is 0 Å². The second-order valence-electron chi connectivity index (χ2n) is 4.55. The quantitative estimate of drug-likeness (QED) is 0.514. The minimum atomic E-state index is -1.18. The number of hydrogen-bond donors (Lipinski definition) is 1. The molecular formula is C15H16ClNO3S. The summed E-state index contributed by atoms with van der Waals surface area (Å²) in [7, 11) is 0. The van der Waals surface area contributed by atoms with E-state index in [1.165, 1.54) is 20.8 Å². The number of carbonyl (C=O) groups is 3. The molecule has 1 aromatic carbocycles. The molecule has 21 heavy (non-hydrogen) atoms. The van der Waals surface area contributed by atoms with Gasteiger partial charge in [-0.15, -0.1) is 12.6 Å². The number of benzene rings is 1. The van der Waals surface area contributed by atoms with E-state index in [-0.39, 0.29) is 9.94 Å². The lowest BCUT2D eigenvalue weighted by molar-refractivity contribution is -0.129. The van der Waals surface area contributed by atoms with Gasteiger partial charge in [0.15, 0.2) is 17.6 Å². The molecule has 0 aromatic heterocycles. The van der Waals surface area contributed by atoms with E-state index in [1.54, 1.807) is 30.3 Å². The number of carbonyl (C=O) groups excluding carboxylic acids is 3. The Bertz CT molecular complexity index is 580. The summed E-state index contributed by atoms with van der Waals surface area (Å²) < 4.78 is 0.0202. The highest BCUT2D eigenvalue weighted by Gasteiger charge is 2.33.